The van der Waals surface area contributed by atoms with Crippen LogP contribution < -0.4 is 14.2 Å². The van der Waals surface area contributed by atoms with Crippen molar-refractivity contribution in [1.82, 2.24) is 4.98 Å². The fourth-order valence-electron chi connectivity index (χ4n) is 3.40. The number of oxazole rings is 1. The number of carbonyl (C=O) groups is 1. The number of nitrogens with zero attached hydrogens (tertiary/aromatic N) is 1. The third kappa shape index (κ3) is 4.90. The van der Waals surface area contributed by atoms with Gasteiger partial charge in [0.15, 0.2) is 22.9 Å². The molecule has 33 heavy (non-hydrogen) atoms. The second-order valence-electron chi connectivity index (χ2n) is 7.36. The van der Waals surface area contributed by atoms with Gasteiger partial charge < -0.3 is 18.6 Å². The molecule has 0 saturated heterocycles. The van der Waals surface area contributed by atoms with Gasteiger partial charge in [0.05, 0.1) is 26.4 Å². The van der Waals surface area contributed by atoms with Crippen LogP contribution in [0.1, 0.15) is 35.2 Å². The lowest BCUT2D eigenvalue weighted by Gasteiger charge is -2.09. The van der Waals surface area contributed by atoms with Gasteiger partial charge >= 0.3 is 0 Å². The second-order valence-corrected chi connectivity index (χ2v) is 7.36. The summed E-state index contributed by atoms with van der Waals surface area (Å²) in [6.07, 6.45) is 2.66. The lowest BCUT2D eigenvalue weighted by Crippen LogP contribution is -2.04. The molecule has 6 heteroatoms. The fraction of sp³-hybridized carbons (Fsp3) is 0.185. The first-order valence-electron chi connectivity index (χ1n) is 10.7. The van der Waals surface area contributed by atoms with Crippen molar-refractivity contribution in [1.29, 1.82) is 0 Å². The van der Waals surface area contributed by atoms with Gasteiger partial charge in [-0.15, -0.1) is 0 Å². The predicted molar refractivity (Wildman–Crippen MR) is 128 cm³/mol. The van der Waals surface area contributed by atoms with Crippen LogP contribution in [0.4, 0.5) is 0 Å². The van der Waals surface area contributed by atoms with Crippen molar-refractivity contribution < 1.29 is 23.4 Å². The van der Waals surface area contributed by atoms with Gasteiger partial charge in [-0.25, -0.2) is 4.98 Å². The largest absolute Gasteiger partial charge is 0.494 e. The van der Waals surface area contributed by atoms with Crippen LogP contribution in [0, 0.1) is 0 Å². The molecule has 4 rings (SSSR count). The van der Waals surface area contributed by atoms with E-state index in [1.54, 1.807) is 56.7 Å². The molecule has 4 aromatic rings. The van der Waals surface area contributed by atoms with Crippen LogP contribution in [0.5, 0.6) is 17.2 Å². The molecule has 0 bridgehead atoms. The Morgan fingerprint density at radius 2 is 1.73 bits per heavy atom. The molecule has 0 aliphatic carbocycles. The normalized spacial score (nSPS) is 11.4. The molecule has 0 saturated carbocycles. The molecular formula is C27H25NO5. The monoisotopic (exact) mass is 443 g/mol. The van der Waals surface area contributed by atoms with E-state index < -0.39 is 0 Å². The number of allylic oxidation sites excluding steroid dienone is 1. The Morgan fingerprint density at radius 3 is 2.42 bits per heavy atom. The number of rotatable bonds is 9. The maximum atomic E-state index is 13.6. The van der Waals surface area contributed by atoms with Gasteiger partial charge in [-0.1, -0.05) is 25.1 Å². The SMILES string of the molecule is CCCOc1ccc(C(=O)/C(=C/c2ccc(OC)c(OC)c2)c2nc3ccccc3o2)cc1. The molecule has 168 valence electrons. The molecule has 0 radical (unpaired) electrons. The summed E-state index contributed by atoms with van der Waals surface area (Å²) in [5.74, 6) is 1.93. The van der Waals surface area contributed by atoms with Gasteiger partial charge in [0.25, 0.3) is 0 Å². The minimum atomic E-state index is -0.210. The van der Waals surface area contributed by atoms with E-state index in [0.29, 0.717) is 40.3 Å². The Balaban J connectivity index is 1.77. The van der Waals surface area contributed by atoms with Crippen LogP contribution in [0.3, 0.4) is 0 Å². The molecule has 1 aromatic heterocycles. The summed E-state index contributed by atoms with van der Waals surface area (Å²) < 4.78 is 22.3. The molecule has 0 amide bonds. The Morgan fingerprint density at radius 1 is 0.970 bits per heavy atom. The molecule has 0 atom stereocenters. The van der Waals surface area contributed by atoms with Gasteiger partial charge in [-0.2, -0.15) is 0 Å². The van der Waals surface area contributed by atoms with Crippen molar-refractivity contribution in [3.8, 4) is 17.2 Å². The van der Waals surface area contributed by atoms with Crippen molar-refractivity contribution >= 4 is 28.5 Å². The number of ether oxygens (including phenoxy) is 3. The van der Waals surface area contributed by atoms with Crippen LogP contribution in [0.2, 0.25) is 0 Å². The van der Waals surface area contributed by atoms with Gasteiger partial charge in [0, 0.05) is 5.56 Å². The van der Waals surface area contributed by atoms with Crippen LogP contribution >= 0.6 is 0 Å². The zero-order valence-corrected chi connectivity index (χ0v) is 18.8. The molecule has 6 nitrogen and oxygen atoms in total. The van der Waals surface area contributed by atoms with Gasteiger partial charge in [-0.3, -0.25) is 4.79 Å². The van der Waals surface area contributed by atoms with Crippen molar-refractivity contribution in [2.45, 2.75) is 13.3 Å². The van der Waals surface area contributed by atoms with Gasteiger partial charge in [0.1, 0.15) is 11.3 Å². The molecule has 0 unspecified atom stereocenters. The third-order valence-electron chi connectivity index (χ3n) is 5.08. The second kappa shape index (κ2) is 10.0. The third-order valence-corrected chi connectivity index (χ3v) is 5.08. The summed E-state index contributed by atoms with van der Waals surface area (Å²) in [7, 11) is 3.15. The quantitative estimate of drug-likeness (QED) is 0.231. The summed E-state index contributed by atoms with van der Waals surface area (Å²) in [4.78, 5) is 18.1. The van der Waals surface area contributed by atoms with E-state index >= 15 is 0 Å². The Labute approximate surface area is 192 Å². The minimum absolute atomic E-state index is 0.210. The molecule has 0 N–H and O–H groups in total. The summed E-state index contributed by atoms with van der Waals surface area (Å²) in [6.45, 7) is 2.67. The standard InChI is InChI=1S/C27H25NO5/c1-4-15-32-20-12-10-19(11-13-20)26(29)21(27-28-22-7-5-6-8-23(22)33-27)16-18-9-14-24(30-2)25(17-18)31-3/h5-14,16-17H,4,15H2,1-3H3/b21-16-. The number of carbonyl (C=O) groups excluding carboxylic acids is 1. The van der Waals surface area contributed by atoms with Gasteiger partial charge in [-0.05, 0) is 66.6 Å². The highest BCUT2D eigenvalue weighted by Gasteiger charge is 2.21. The van der Waals surface area contributed by atoms with E-state index in [1.165, 1.54) is 0 Å². The van der Waals surface area contributed by atoms with Crippen LogP contribution in [-0.4, -0.2) is 31.6 Å². The number of fused-ring (bicyclic) bond motifs is 1. The van der Waals surface area contributed by atoms with Gasteiger partial charge in [0.2, 0.25) is 5.89 Å². The first-order chi connectivity index (χ1) is 16.1. The Kier molecular flexibility index (Phi) is 6.74. The molecule has 0 aliphatic rings. The van der Waals surface area contributed by atoms with Crippen molar-refractivity contribution in [3.63, 3.8) is 0 Å². The van der Waals surface area contributed by atoms with Crippen LogP contribution in [-0.2, 0) is 0 Å². The van der Waals surface area contributed by atoms with E-state index in [4.69, 9.17) is 18.6 Å². The van der Waals surface area contributed by atoms with E-state index in [2.05, 4.69) is 4.98 Å². The first kappa shape index (κ1) is 22.1. The number of Topliss-reactive ketones (excluding diaryl/α,β-unsaturated/α-hetero) is 1. The molecule has 0 spiro atoms. The summed E-state index contributed by atoms with van der Waals surface area (Å²) >= 11 is 0. The molecular weight excluding hydrogens is 418 g/mol. The van der Waals surface area contributed by atoms with Crippen molar-refractivity contribution in [2.75, 3.05) is 20.8 Å². The van der Waals surface area contributed by atoms with E-state index in [1.807, 2.05) is 37.3 Å². The highest BCUT2D eigenvalue weighted by atomic mass is 16.5. The number of ketones is 1. The highest BCUT2D eigenvalue weighted by Crippen LogP contribution is 2.31. The fourth-order valence-corrected chi connectivity index (χ4v) is 3.40. The zero-order valence-electron chi connectivity index (χ0n) is 18.8. The number of benzene rings is 3. The topological polar surface area (TPSA) is 70.8 Å². The van der Waals surface area contributed by atoms with E-state index in [9.17, 15) is 4.79 Å². The Hall–Kier alpha value is -4.06. The first-order valence-corrected chi connectivity index (χ1v) is 10.7. The van der Waals surface area contributed by atoms with Crippen molar-refractivity contribution in [3.05, 3.63) is 83.7 Å². The number of aromatic nitrogens is 1. The van der Waals surface area contributed by atoms with Crippen molar-refractivity contribution in [2.24, 2.45) is 0 Å². The predicted octanol–water partition coefficient (Wildman–Crippen LogP) is 6.06. The highest BCUT2D eigenvalue weighted by molar-refractivity contribution is 6.31. The zero-order chi connectivity index (χ0) is 23.2. The molecule has 0 fully saturated rings. The van der Waals surface area contributed by atoms with E-state index in [0.717, 1.165) is 17.7 Å². The smallest absolute Gasteiger partial charge is 0.231 e. The number of hydrogen-bond donors (Lipinski definition) is 0. The number of para-hydroxylation sites is 2. The maximum absolute atomic E-state index is 13.6. The number of hydrogen-bond acceptors (Lipinski definition) is 6. The lowest BCUT2D eigenvalue weighted by atomic mass is 10.0. The average Bonchev–Trinajstić information content (AvgIpc) is 3.29. The lowest BCUT2D eigenvalue weighted by molar-refractivity contribution is 0.105. The summed E-state index contributed by atoms with van der Waals surface area (Å²) in [6, 6.07) is 19.9. The van der Waals surface area contributed by atoms with Crippen LogP contribution in [0.15, 0.2) is 71.1 Å². The van der Waals surface area contributed by atoms with Crippen LogP contribution in [0.25, 0.3) is 22.7 Å². The maximum Gasteiger partial charge on any atom is 0.231 e. The Bertz CT molecular complexity index is 1250. The average molecular weight is 443 g/mol. The molecule has 0 aliphatic heterocycles. The summed E-state index contributed by atoms with van der Waals surface area (Å²) in [5, 5.41) is 0. The summed E-state index contributed by atoms with van der Waals surface area (Å²) in [5.41, 5.74) is 2.89. The number of methoxy groups -OCH3 is 2. The van der Waals surface area contributed by atoms with E-state index in [-0.39, 0.29) is 11.7 Å². The molecule has 1 heterocycles. The molecule has 3 aromatic carbocycles. The minimum Gasteiger partial charge on any atom is -0.494 e.